The monoisotopic (exact) mass is 250 g/mol. The summed E-state index contributed by atoms with van der Waals surface area (Å²) in [5.74, 6) is 0. The Kier molecular flexibility index (Phi) is 4.18. The van der Waals surface area contributed by atoms with Crippen LogP contribution in [-0.4, -0.2) is 11.5 Å². The van der Waals surface area contributed by atoms with Gasteiger partial charge in [0.05, 0.1) is 29.3 Å². The van der Waals surface area contributed by atoms with E-state index in [0.29, 0.717) is 5.02 Å². The van der Waals surface area contributed by atoms with E-state index in [1.165, 1.54) is 0 Å². The molecule has 2 aromatic rings. The van der Waals surface area contributed by atoms with E-state index in [0.717, 1.165) is 24.2 Å². The molecular formula is C13H15ClN2O. The van der Waals surface area contributed by atoms with Crippen LogP contribution in [0.2, 0.25) is 5.02 Å². The third kappa shape index (κ3) is 3.08. The van der Waals surface area contributed by atoms with Crippen LogP contribution < -0.4 is 5.32 Å². The summed E-state index contributed by atoms with van der Waals surface area (Å²) < 4.78 is 5.13. The molecule has 1 N–H and O–H groups in total. The standard InChI is InChI=1S/C13H15ClN2O/c1-2-6-15-13(10-5-7-17-9-10)12-4-3-11(14)8-16-12/h3-5,7-9,13,15H,2,6H2,1H3. The van der Waals surface area contributed by atoms with Crippen molar-refractivity contribution in [3.63, 3.8) is 0 Å². The number of furan rings is 1. The quantitative estimate of drug-likeness (QED) is 0.884. The Labute approximate surface area is 106 Å². The number of pyridine rings is 1. The molecule has 2 rings (SSSR count). The van der Waals surface area contributed by atoms with Gasteiger partial charge in [-0.1, -0.05) is 18.5 Å². The number of halogens is 1. The van der Waals surface area contributed by atoms with Crippen LogP contribution in [0.4, 0.5) is 0 Å². The van der Waals surface area contributed by atoms with Gasteiger partial charge in [0.2, 0.25) is 0 Å². The lowest BCUT2D eigenvalue weighted by Crippen LogP contribution is -2.23. The number of hydrogen-bond donors (Lipinski definition) is 1. The molecule has 90 valence electrons. The third-order valence-corrected chi connectivity index (χ3v) is 2.74. The van der Waals surface area contributed by atoms with Gasteiger partial charge in [-0.25, -0.2) is 0 Å². The van der Waals surface area contributed by atoms with Crippen LogP contribution in [0.15, 0.2) is 41.3 Å². The van der Waals surface area contributed by atoms with E-state index in [4.69, 9.17) is 16.0 Å². The van der Waals surface area contributed by atoms with E-state index in [9.17, 15) is 0 Å². The van der Waals surface area contributed by atoms with Gasteiger partial charge in [0.15, 0.2) is 0 Å². The van der Waals surface area contributed by atoms with E-state index < -0.39 is 0 Å². The summed E-state index contributed by atoms with van der Waals surface area (Å²) in [6.07, 6.45) is 6.15. The molecule has 0 aliphatic rings. The van der Waals surface area contributed by atoms with Crippen molar-refractivity contribution in [2.45, 2.75) is 19.4 Å². The molecule has 1 unspecified atom stereocenters. The van der Waals surface area contributed by atoms with Gasteiger partial charge in [-0.3, -0.25) is 4.98 Å². The minimum Gasteiger partial charge on any atom is -0.472 e. The highest BCUT2D eigenvalue weighted by Crippen LogP contribution is 2.21. The van der Waals surface area contributed by atoms with E-state index in [2.05, 4.69) is 17.2 Å². The molecule has 0 radical (unpaired) electrons. The SMILES string of the molecule is CCCNC(c1ccoc1)c1ccc(Cl)cn1. The van der Waals surface area contributed by atoms with Crippen molar-refractivity contribution in [1.82, 2.24) is 10.3 Å². The minimum absolute atomic E-state index is 0.0611. The smallest absolute Gasteiger partial charge is 0.0954 e. The summed E-state index contributed by atoms with van der Waals surface area (Å²) in [7, 11) is 0. The third-order valence-electron chi connectivity index (χ3n) is 2.52. The highest BCUT2D eigenvalue weighted by Gasteiger charge is 2.15. The second-order valence-corrected chi connectivity index (χ2v) is 4.28. The molecule has 4 heteroatoms. The summed E-state index contributed by atoms with van der Waals surface area (Å²) >= 11 is 5.84. The lowest BCUT2D eigenvalue weighted by atomic mass is 10.1. The second kappa shape index (κ2) is 5.84. The first-order chi connectivity index (χ1) is 8.31. The molecule has 0 aliphatic carbocycles. The molecule has 0 spiro atoms. The molecule has 2 heterocycles. The Morgan fingerprint density at radius 1 is 1.41 bits per heavy atom. The summed E-state index contributed by atoms with van der Waals surface area (Å²) in [5.41, 5.74) is 2.03. The predicted octanol–water partition coefficient (Wildman–Crippen LogP) is 3.42. The maximum absolute atomic E-state index is 5.84. The zero-order chi connectivity index (χ0) is 12.1. The van der Waals surface area contributed by atoms with Crippen molar-refractivity contribution < 1.29 is 4.42 Å². The maximum Gasteiger partial charge on any atom is 0.0954 e. The molecule has 0 saturated heterocycles. The first-order valence-corrected chi connectivity index (χ1v) is 6.06. The number of rotatable bonds is 5. The zero-order valence-corrected chi connectivity index (χ0v) is 10.4. The van der Waals surface area contributed by atoms with Crippen LogP contribution in [0.5, 0.6) is 0 Å². The summed E-state index contributed by atoms with van der Waals surface area (Å²) in [6, 6.07) is 5.79. The number of aromatic nitrogens is 1. The molecule has 0 amide bonds. The summed E-state index contributed by atoms with van der Waals surface area (Å²) in [6.45, 7) is 3.06. The van der Waals surface area contributed by atoms with E-state index in [-0.39, 0.29) is 6.04 Å². The average Bonchev–Trinajstić information content (AvgIpc) is 2.85. The van der Waals surface area contributed by atoms with Gasteiger partial charge in [0.25, 0.3) is 0 Å². The Hall–Kier alpha value is -1.32. The Bertz CT molecular complexity index is 439. The number of nitrogens with one attached hydrogen (secondary N) is 1. The topological polar surface area (TPSA) is 38.1 Å². The predicted molar refractivity (Wildman–Crippen MR) is 68.1 cm³/mol. The fourth-order valence-corrected chi connectivity index (χ4v) is 1.79. The van der Waals surface area contributed by atoms with Gasteiger partial charge >= 0.3 is 0 Å². The van der Waals surface area contributed by atoms with Crippen molar-refractivity contribution in [2.24, 2.45) is 0 Å². The largest absolute Gasteiger partial charge is 0.472 e. The van der Waals surface area contributed by atoms with Gasteiger partial charge in [0, 0.05) is 11.8 Å². The highest BCUT2D eigenvalue weighted by molar-refractivity contribution is 6.30. The van der Waals surface area contributed by atoms with Gasteiger partial charge < -0.3 is 9.73 Å². The van der Waals surface area contributed by atoms with Crippen LogP contribution in [-0.2, 0) is 0 Å². The Balaban J connectivity index is 2.23. The Morgan fingerprint density at radius 2 is 2.29 bits per heavy atom. The van der Waals surface area contributed by atoms with E-state index >= 15 is 0 Å². The Morgan fingerprint density at radius 3 is 2.88 bits per heavy atom. The number of hydrogen-bond acceptors (Lipinski definition) is 3. The van der Waals surface area contributed by atoms with Gasteiger partial charge in [-0.2, -0.15) is 0 Å². The summed E-state index contributed by atoms with van der Waals surface area (Å²) in [5, 5.41) is 4.09. The molecular weight excluding hydrogens is 236 g/mol. The molecule has 1 atom stereocenters. The first kappa shape index (κ1) is 12.1. The summed E-state index contributed by atoms with van der Waals surface area (Å²) in [4.78, 5) is 4.35. The average molecular weight is 251 g/mol. The first-order valence-electron chi connectivity index (χ1n) is 5.68. The lowest BCUT2D eigenvalue weighted by Gasteiger charge is -2.16. The molecule has 17 heavy (non-hydrogen) atoms. The van der Waals surface area contributed by atoms with Gasteiger partial charge in [-0.15, -0.1) is 0 Å². The van der Waals surface area contributed by atoms with Crippen molar-refractivity contribution in [2.75, 3.05) is 6.54 Å². The van der Waals surface area contributed by atoms with Crippen molar-refractivity contribution in [3.05, 3.63) is 53.2 Å². The molecule has 2 aromatic heterocycles. The zero-order valence-electron chi connectivity index (χ0n) is 9.69. The van der Waals surface area contributed by atoms with E-state index in [1.54, 1.807) is 18.7 Å². The van der Waals surface area contributed by atoms with E-state index in [1.807, 2.05) is 18.2 Å². The minimum atomic E-state index is 0.0611. The van der Waals surface area contributed by atoms with Crippen LogP contribution in [0, 0.1) is 0 Å². The van der Waals surface area contributed by atoms with Crippen LogP contribution >= 0.6 is 11.6 Å². The fourth-order valence-electron chi connectivity index (χ4n) is 1.68. The normalized spacial score (nSPS) is 12.6. The molecule has 0 aromatic carbocycles. The molecule has 0 fully saturated rings. The van der Waals surface area contributed by atoms with Gasteiger partial charge in [0.1, 0.15) is 0 Å². The fraction of sp³-hybridized carbons (Fsp3) is 0.308. The van der Waals surface area contributed by atoms with Crippen molar-refractivity contribution in [3.8, 4) is 0 Å². The van der Waals surface area contributed by atoms with Crippen LogP contribution in [0.25, 0.3) is 0 Å². The maximum atomic E-state index is 5.84. The van der Waals surface area contributed by atoms with Crippen molar-refractivity contribution >= 4 is 11.6 Å². The van der Waals surface area contributed by atoms with Crippen molar-refractivity contribution in [1.29, 1.82) is 0 Å². The van der Waals surface area contributed by atoms with Crippen LogP contribution in [0.3, 0.4) is 0 Å². The number of nitrogens with zero attached hydrogens (tertiary/aromatic N) is 1. The molecule has 0 aliphatic heterocycles. The molecule has 3 nitrogen and oxygen atoms in total. The molecule has 0 saturated carbocycles. The van der Waals surface area contributed by atoms with Crippen LogP contribution in [0.1, 0.15) is 30.6 Å². The van der Waals surface area contributed by atoms with Gasteiger partial charge in [-0.05, 0) is 31.2 Å². The lowest BCUT2D eigenvalue weighted by molar-refractivity contribution is 0.544. The highest BCUT2D eigenvalue weighted by atomic mass is 35.5. The molecule has 0 bridgehead atoms. The second-order valence-electron chi connectivity index (χ2n) is 3.85.